The van der Waals surface area contributed by atoms with Gasteiger partial charge in [0, 0.05) is 6.04 Å². The van der Waals surface area contributed by atoms with Crippen LogP contribution in [0.5, 0.6) is 0 Å². The van der Waals surface area contributed by atoms with Gasteiger partial charge in [-0.05, 0) is 63.8 Å². The van der Waals surface area contributed by atoms with Crippen LogP contribution in [0.15, 0.2) is 30.3 Å². The number of nitrogens with one attached hydrogen (secondary N) is 1. The monoisotopic (exact) mass is 260 g/mol. The van der Waals surface area contributed by atoms with Crippen LogP contribution in [0.1, 0.15) is 38.2 Å². The smallest absolute Gasteiger partial charge is 0.00914 e. The highest BCUT2D eigenvalue weighted by molar-refractivity contribution is 5.14. The molecule has 19 heavy (non-hydrogen) atoms. The number of rotatable bonds is 7. The van der Waals surface area contributed by atoms with Gasteiger partial charge in [0.2, 0.25) is 0 Å². The van der Waals surface area contributed by atoms with Gasteiger partial charge in [0.05, 0.1) is 0 Å². The Morgan fingerprint density at radius 2 is 1.84 bits per heavy atom. The lowest BCUT2D eigenvalue weighted by Crippen LogP contribution is -2.42. The summed E-state index contributed by atoms with van der Waals surface area (Å²) in [5.74, 6) is 0. The topological polar surface area (TPSA) is 15.3 Å². The molecule has 1 aromatic carbocycles. The van der Waals surface area contributed by atoms with Crippen molar-refractivity contribution in [3.05, 3.63) is 35.9 Å². The molecular weight excluding hydrogens is 232 g/mol. The van der Waals surface area contributed by atoms with E-state index in [1.54, 1.807) is 0 Å². The highest BCUT2D eigenvalue weighted by Crippen LogP contribution is 2.10. The predicted octanol–water partition coefficient (Wildman–Crippen LogP) is 3.08. The van der Waals surface area contributed by atoms with E-state index in [1.165, 1.54) is 63.8 Å². The summed E-state index contributed by atoms with van der Waals surface area (Å²) in [5, 5.41) is 3.73. The van der Waals surface area contributed by atoms with Crippen LogP contribution in [0.25, 0.3) is 0 Å². The molecule has 1 fully saturated rings. The Kier molecular flexibility index (Phi) is 6.38. The van der Waals surface area contributed by atoms with Crippen LogP contribution in [0, 0.1) is 0 Å². The largest absolute Gasteiger partial charge is 0.314 e. The van der Waals surface area contributed by atoms with Crippen molar-refractivity contribution in [2.75, 3.05) is 26.2 Å². The Morgan fingerprint density at radius 3 is 2.53 bits per heavy atom. The summed E-state index contributed by atoms with van der Waals surface area (Å²) in [6.07, 6.45) is 6.46. The number of hydrogen-bond donors (Lipinski definition) is 1. The molecule has 0 atom stereocenters. The molecule has 2 heteroatoms. The average Bonchev–Trinajstić information content (AvgIpc) is 2.49. The third-order valence-corrected chi connectivity index (χ3v) is 4.20. The molecule has 106 valence electrons. The normalized spacial score (nSPS) is 17.7. The van der Waals surface area contributed by atoms with E-state index in [2.05, 4.69) is 47.5 Å². The highest BCUT2D eigenvalue weighted by Gasteiger charge is 2.16. The molecule has 2 rings (SSSR count). The Morgan fingerprint density at radius 1 is 1.11 bits per heavy atom. The number of piperidine rings is 1. The molecule has 0 spiro atoms. The predicted molar refractivity (Wildman–Crippen MR) is 82.5 cm³/mol. The molecule has 0 radical (unpaired) electrons. The van der Waals surface area contributed by atoms with Crippen molar-refractivity contribution in [3.8, 4) is 0 Å². The quantitative estimate of drug-likeness (QED) is 0.758. The number of benzene rings is 1. The van der Waals surface area contributed by atoms with Crippen molar-refractivity contribution in [1.29, 1.82) is 0 Å². The fourth-order valence-electron chi connectivity index (χ4n) is 2.86. The Hall–Kier alpha value is -0.860. The summed E-state index contributed by atoms with van der Waals surface area (Å²) in [7, 11) is 0. The average molecular weight is 260 g/mol. The van der Waals surface area contributed by atoms with E-state index in [-0.39, 0.29) is 0 Å². The number of likely N-dealkylation sites (tertiary alicyclic amines) is 1. The number of nitrogens with zero attached hydrogens (tertiary/aromatic N) is 1. The second-order valence-electron chi connectivity index (χ2n) is 5.61. The zero-order valence-corrected chi connectivity index (χ0v) is 12.3. The molecule has 1 heterocycles. The molecule has 1 aliphatic rings. The van der Waals surface area contributed by atoms with Crippen molar-refractivity contribution >= 4 is 0 Å². The van der Waals surface area contributed by atoms with Crippen molar-refractivity contribution in [1.82, 2.24) is 10.2 Å². The minimum absolute atomic E-state index is 0.763. The second-order valence-corrected chi connectivity index (χ2v) is 5.61. The number of aryl methyl sites for hydroxylation is 1. The zero-order valence-electron chi connectivity index (χ0n) is 12.3. The van der Waals surface area contributed by atoms with Crippen LogP contribution in [0.4, 0.5) is 0 Å². The molecule has 0 aromatic heterocycles. The van der Waals surface area contributed by atoms with Gasteiger partial charge in [-0.3, -0.25) is 0 Å². The third kappa shape index (κ3) is 5.33. The zero-order chi connectivity index (χ0) is 13.3. The van der Waals surface area contributed by atoms with E-state index in [4.69, 9.17) is 0 Å². The van der Waals surface area contributed by atoms with Gasteiger partial charge in [-0.25, -0.2) is 0 Å². The number of unbranched alkanes of at least 4 members (excludes halogenated alkanes) is 1. The van der Waals surface area contributed by atoms with E-state index >= 15 is 0 Å². The maximum absolute atomic E-state index is 3.73. The molecule has 0 aliphatic carbocycles. The number of hydrogen-bond acceptors (Lipinski definition) is 2. The first kappa shape index (κ1) is 14.5. The van der Waals surface area contributed by atoms with E-state index in [0.717, 1.165) is 6.04 Å². The SMILES string of the molecule is CCN1CCC(NCCCCc2ccccc2)CC1. The first-order chi connectivity index (χ1) is 9.38. The Balaban J connectivity index is 1.51. The van der Waals surface area contributed by atoms with E-state index in [0.29, 0.717) is 0 Å². The molecule has 1 aliphatic heterocycles. The van der Waals surface area contributed by atoms with Gasteiger partial charge in [0.1, 0.15) is 0 Å². The summed E-state index contributed by atoms with van der Waals surface area (Å²) in [4.78, 5) is 2.55. The maximum atomic E-state index is 3.73. The van der Waals surface area contributed by atoms with Crippen molar-refractivity contribution in [3.63, 3.8) is 0 Å². The summed E-state index contributed by atoms with van der Waals surface area (Å²) in [5.41, 5.74) is 1.47. The molecule has 0 bridgehead atoms. The van der Waals surface area contributed by atoms with Crippen LogP contribution in [0.3, 0.4) is 0 Å². The fraction of sp³-hybridized carbons (Fsp3) is 0.647. The van der Waals surface area contributed by atoms with Gasteiger partial charge < -0.3 is 10.2 Å². The van der Waals surface area contributed by atoms with Gasteiger partial charge in [-0.1, -0.05) is 37.3 Å². The van der Waals surface area contributed by atoms with Gasteiger partial charge in [-0.2, -0.15) is 0 Å². The Labute approximate surface area is 118 Å². The molecule has 1 N–H and O–H groups in total. The van der Waals surface area contributed by atoms with Crippen molar-refractivity contribution in [2.45, 2.75) is 45.1 Å². The van der Waals surface area contributed by atoms with Gasteiger partial charge in [0.25, 0.3) is 0 Å². The molecule has 1 saturated heterocycles. The summed E-state index contributed by atoms with van der Waals surface area (Å²) in [6, 6.07) is 11.6. The first-order valence-electron chi connectivity index (χ1n) is 7.88. The molecule has 0 saturated carbocycles. The van der Waals surface area contributed by atoms with Crippen LogP contribution < -0.4 is 5.32 Å². The molecule has 0 amide bonds. The highest BCUT2D eigenvalue weighted by atomic mass is 15.1. The first-order valence-corrected chi connectivity index (χ1v) is 7.88. The molecule has 1 aromatic rings. The van der Waals surface area contributed by atoms with Gasteiger partial charge >= 0.3 is 0 Å². The standard InChI is InChI=1S/C17H28N2/c1-2-19-14-11-17(12-15-19)18-13-7-6-10-16-8-4-3-5-9-16/h3-5,8-9,17-18H,2,6-7,10-15H2,1H3. The minimum atomic E-state index is 0.763. The van der Waals surface area contributed by atoms with Crippen molar-refractivity contribution in [2.24, 2.45) is 0 Å². The van der Waals surface area contributed by atoms with E-state index in [1.807, 2.05) is 0 Å². The lowest BCUT2D eigenvalue weighted by molar-refractivity contribution is 0.206. The minimum Gasteiger partial charge on any atom is -0.314 e. The maximum Gasteiger partial charge on any atom is 0.00914 e. The van der Waals surface area contributed by atoms with Gasteiger partial charge in [-0.15, -0.1) is 0 Å². The van der Waals surface area contributed by atoms with Crippen molar-refractivity contribution < 1.29 is 0 Å². The lowest BCUT2D eigenvalue weighted by Gasteiger charge is -2.31. The van der Waals surface area contributed by atoms with Crippen LogP contribution in [0.2, 0.25) is 0 Å². The molecular formula is C17H28N2. The molecule has 2 nitrogen and oxygen atoms in total. The van der Waals surface area contributed by atoms with Crippen LogP contribution >= 0.6 is 0 Å². The lowest BCUT2D eigenvalue weighted by atomic mass is 10.0. The summed E-state index contributed by atoms with van der Waals surface area (Å²) in [6.45, 7) is 7.21. The van der Waals surface area contributed by atoms with Crippen LogP contribution in [-0.4, -0.2) is 37.1 Å². The Bertz CT molecular complexity index is 328. The van der Waals surface area contributed by atoms with E-state index in [9.17, 15) is 0 Å². The summed E-state index contributed by atoms with van der Waals surface area (Å²) >= 11 is 0. The fourth-order valence-corrected chi connectivity index (χ4v) is 2.86. The van der Waals surface area contributed by atoms with Crippen LogP contribution in [-0.2, 0) is 6.42 Å². The third-order valence-electron chi connectivity index (χ3n) is 4.20. The molecule has 0 unspecified atom stereocenters. The summed E-state index contributed by atoms with van der Waals surface area (Å²) < 4.78 is 0. The van der Waals surface area contributed by atoms with Gasteiger partial charge in [0.15, 0.2) is 0 Å². The van der Waals surface area contributed by atoms with E-state index < -0.39 is 0 Å². The second kappa shape index (κ2) is 8.34.